The maximum absolute atomic E-state index is 13.0. The maximum atomic E-state index is 13.0. The SMILES string of the molecule is OCC1(Cc2ccccc2C(F)(F)F)CCNCC1. The van der Waals surface area contributed by atoms with E-state index in [4.69, 9.17) is 0 Å². The lowest BCUT2D eigenvalue weighted by Gasteiger charge is -2.36. The first-order valence-electron chi connectivity index (χ1n) is 6.44. The third kappa shape index (κ3) is 3.28. The van der Waals surface area contributed by atoms with Crippen LogP contribution in [-0.2, 0) is 12.6 Å². The second-order valence-electron chi connectivity index (χ2n) is 5.24. The third-order valence-corrected chi connectivity index (χ3v) is 3.89. The van der Waals surface area contributed by atoms with Gasteiger partial charge in [-0.15, -0.1) is 0 Å². The highest BCUT2D eigenvalue weighted by Crippen LogP contribution is 2.38. The van der Waals surface area contributed by atoms with Crippen molar-refractivity contribution in [2.24, 2.45) is 5.41 Å². The molecule has 1 saturated heterocycles. The molecule has 1 aliphatic rings. The van der Waals surface area contributed by atoms with Crippen LogP contribution in [0.3, 0.4) is 0 Å². The standard InChI is InChI=1S/C14H18F3NO/c15-14(16,17)12-4-2-1-3-11(12)9-13(10-19)5-7-18-8-6-13/h1-4,18-19H,5-10H2. The van der Waals surface area contributed by atoms with E-state index in [0.29, 0.717) is 12.8 Å². The van der Waals surface area contributed by atoms with Gasteiger partial charge in [0, 0.05) is 6.61 Å². The Kier molecular flexibility index (Phi) is 4.16. The molecule has 1 aromatic carbocycles. The highest BCUT2D eigenvalue weighted by molar-refractivity contribution is 5.30. The number of aliphatic hydroxyl groups excluding tert-OH is 1. The molecule has 2 rings (SSSR count). The minimum atomic E-state index is -4.33. The van der Waals surface area contributed by atoms with Crippen molar-refractivity contribution in [3.05, 3.63) is 35.4 Å². The van der Waals surface area contributed by atoms with Gasteiger partial charge < -0.3 is 10.4 Å². The molecule has 5 heteroatoms. The number of hydrogen-bond donors (Lipinski definition) is 2. The fourth-order valence-corrected chi connectivity index (χ4v) is 2.70. The van der Waals surface area contributed by atoms with Gasteiger partial charge in [0.25, 0.3) is 0 Å². The van der Waals surface area contributed by atoms with E-state index in [1.807, 2.05) is 0 Å². The molecule has 1 aliphatic heterocycles. The van der Waals surface area contributed by atoms with Crippen LogP contribution in [0.1, 0.15) is 24.0 Å². The Morgan fingerprint density at radius 1 is 1.16 bits per heavy atom. The molecule has 0 amide bonds. The molecule has 19 heavy (non-hydrogen) atoms. The van der Waals surface area contributed by atoms with Gasteiger partial charge in [-0.1, -0.05) is 18.2 Å². The lowest BCUT2D eigenvalue weighted by atomic mass is 9.74. The van der Waals surface area contributed by atoms with Crippen molar-refractivity contribution in [2.75, 3.05) is 19.7 Å². The van der Waals surface area contributed by atoms with Gasteiger partial charge in [-0.3, -0.25) is 0 Å². The Hall–Kier alpha value is -1.07. The maximum Gasteiger partial charge on any atom is 0.416 e. The summed E-state index contributed by atoms with van der Waals surface area (Å²) in [6.07, 6.45) is -2.65. The van der Waals surface area contributed by atoms with Gasteiger partial charge in [0.2, 0.25) is 0 Å². The molecule has 0 saturated carbocycles. The Bertz CT molecular complexity index is 425. The minimum absolute atomic E-state index is 0.0686. The predicted molar refractivity (Wildman–Crippen MR) is 66.8 cm³/mol. The van der Waals surface area contributed by atoms with Crippen molar-refractivity contribution >= 4 is 0 Å². The molecule has 0 aromatic heterocycles. The fourth-order valence-electron chi connectivity index (χ4n) is 2.70. The van der Waals surface area contributed by atoms with Crippen molar-refractivity contribution in [2.45, 2.75) is 25.4 Å². The molecule has 1 aromatic rings. The molecule has 106 valence electrons. The molecule has 1 heterocycles. The van der Waals surface area contributed by atoms with Crippen LogP contribution in [0.25, 0.3) is 0 Å². The van der Waals surface area contributed by atoms with E-state index >= 15 is 0 Å². The summed E-state index contributed by atoms with van der Waals surface area (Å²) >= 11 is 0. The van der Waals surface area contributed by atoms with E-state index in [2.05, 4.69) is 5.32 Å². The Morgan fingerprint density at radius 3 is 2.37 bits per heavy atom. The predicted octanol–water partition coefficient (Wildman–Crippen LogP) is 2.61. The van der Waals surface area contributed by atoms with Gasteiger partial charge >= 0.3 is 6.18 Å². The molecule has 0 atom stereocenters. The van der Waals surface area contributed by atoms with Crippen LogP contribution < -0.4 is 5.32 Å². The van der Waals surface area contributed by atoms with Gasteiger partial charge in [0.15, 0.2) is 0 Å². The number of nitrogens with one attached hydrogen (secondary N) is 1. The Labute approximate surface area is 110 Å². The molecule has 0 radical (unpaired) electrons. The van der Waals surface area contributed by atoms with Crippen LogP contribution in [-0.4, -0.2) is 24.8 Å². The number of benzene rings is 1. The van der Waals surface area contributed by atoms with Crippen molar-refractivity contribution < 1.29 is 18.3 Å². The van der Waals surface area contributed by atoms with Crippen LogP contribution >= 0.6 is 0 Å². The number of hydrogen-bond acceptors (Lipinski definition) is 2. The third-order valence-electron chi connectivity index (χ3n) is 3.89. The topological polar surface area (TPSA) is 32.3 Å². The number of piperidine rings is 1. The van der Waals surface area contributed by atoms with Crippen LogP contribution in [0.4, 0.5) is 13.2 Å². The second-order valence-corrected chi connectivity index (χ2v) is 5.24. The van der Waals surface area contributed by atoms with Crippen LogP contribution in [0.5, 0.6) is 0 Å². The van der Waals surface area contributed by atoms with E-state index in [0.717, 1.165) is 19.2 Å². The molecular formula is C14H18F3NO. The number of aliphatic hydroxyl groups is 1. The average Bonchev–Trinajstić information content (AvgIpc) is 2.39. The summed E-state index contributed by atoms with van der Waals surface area (Å²) < 4.78 is 38.9. The lowest BCUT2D eigenvalue weighted by molar-refractivity contribution is -0.138. The lowest BCUT2D eigenvalue weighted by Crippen LogP contribution is -2.41. The van der Waals surface area contributed by atoms with Gasteiger partial charge in [-0.05, 0) is 49.4 Å². The zero-order valence-electron chi connectivity index (χ0n) is 10.6. The van der Waals surface area contributed by atoms with Gasteiger partial charge in [-0.25, -0.2) is 0 Å². The summed E-state index contributed by atoms with van der Waals surface area (Å²) in [6, 6.07) is 5.65. The molecule has 0 spiro atoms. The van der Waals surface area contributed by atoms with Crippen LogP contribution in [0, 0.1) is 5.41 Å². The molecule has 2 N–H and O–H groups in total. The molecule has 1 fully saturated rings. The normalized spacial score (nSPS) is 19.4. The molecule has 0 unspecified atom stereocenters. The summed E-state index contributed by atoms with van der Waals surface area (Å²) in [4.78, 5) is 0. The van der Waals surface area contributed by atoms with E-state index in [1.54, 1.807) is 6.07 Å². The first kappa shape index (κ1) is 14.3. The summed E-state index contributed by atoms with van der Waals surface area (Å²) in [6.45, 7) is 1.42. The van der Waals surface area contributed by atoms with E-state index in [1.165, 1.54) is 12.1 Å². The zero-order valence-corrected chi connectivity index (χ0v) is 10.6. The van der Waals surface area contributed by atoms with Crippen molar-refractivity contribution in [3.63, 3.8) is 0 Å². The smallest absolute Gasteiger partial charge is 0.396 e. The molecule has 0 bridgehead atoms. The van der Waals surface area contributed by atoms with Gasteiger partial charge in [0.1, 0.15) is 0 Å². The largest absolute Gasteiger partial charge is 0.416 e. The number of alkyl halides is 3. The highest BCUT2D eigenvalue weighted by Gasteiger charge is 2.37. The first-order valence-corrected chi connectivity index (χ1v) is 6.44. The number of rotatable bonds is 3. The summed E-state index contributed by atoms with van der Waals surface area (Å²) in [5.74, 6) is 0. The Balaban J connectivity index is 2.27. The summed E-state index contributed by atoms with van der Waals surface area (Å²) in [5, 5.41) is 12.8. The first-order chi connectivity index (χ1) is 8.97. The monoisotopic (exact) mass is 273 g/mol. The van der Waals surface area contributed by atoms with Crippen LogP contribution in [0.15, 0.2) is 24.3 Å². The average molecular weight is 273 g/mol. The van der Waals surface area contributed by atoms with Gasteiger partial charge in [-0.2, -0.15) is 13.2 Å². The number of halogens is 3. The quantitative estimate of drug-likeness (QED) is 0.887. The van der Waals surface area contributed by atoms with Crippen molar-refractivity contribution in [1.29, 1.82) is 0 Å². The molecule has 2 nitrogen and oxygen atoms in total. The van der Waals surface area contributed by atoms with E-state index in [9.17, 15) is 18.3 Å². The molecular weight excluding hydrogens is 255 g/mol. The minimum Gasteiger partial charge on any atom is -0.396 e. The fraction of sp³-hybridized carbons (Fsp3) is 0.571. The van der Waals surface area contributed by atoms with Crippen molar-refractivity contribution in [3.8, 4) is 0 Å². The molecule has 0 aliphatic carbocycles. The Morgan fingerprint density at radius 2 is 1.79 bits per heavy atom. The van der Waals surface area contributed by atoms with E-state index in [-0.39, 0.29) is 18.6 Å². The summed E-state index contributed by atoms with van der Waals surface area (Å²) in [5.41, 5.74) is -0.723. The van der Waals surface area contributed by atoms with E-state index < -0.39 is 17.2 Å². The van der Waals surface area contributed by atoms with Crippen molar-refractivity contribution in [1.82, 2.24) is 5.32 Å². The summed E-state index contributed by atoms with van der Waals surface area (Å²) in [7, 11) is 0. The highest BCUT2D eigenvalue weighted by atomic mass is 19.4. The van der Waals surface area contributed by atoms with Gasteiger partial charge in [0.05, 0.1) is 5.56 Å². The zero-order chi connectivity index (χ0) is 13.9. The second kappa shape index (κ2) is 5.51. The van der Waals surface area contributed by atoms with Crippen LogP contribution in [0.2, 0.25) is 0 Å².